The number of carbonyl (C=O) groups is 5. The monoisotopic (exact) mass is 499 g/mol. The molecular weight excluding hydrogens is 470 g/mol. The van der Waals surface area contributed by atoms with Crippen LogP contribution in [0.1, 0.15) is 51.5 Å². The quantitative estimate of drug-likeness (QED) is 0.527. The van der Waals surface area contributed by atoms with Gasteiger partial charge < -0.3 is 20.1 Å². The SMILES string of the molecule is CC1CCC2(CC1)NC(=O)N(NC(=O)CN1C(=O)NC(C)(c3ccc4c(c3)OCCCO4)C1=O)C2=O. The van der Waals surface area contributed by atoms with E-state index in [2.05, 4.69) is 23.0 Å². The highest BCUT2D eigenvalue weighted by molar-refractivity contribution is 6.10. The van der Waals surface area contributed by atoms with Gasteiger partial charge in [0.15, 0.2) is 11.5 Å². The number of ether oxygens (including phenoxy) is 2. The molecule has 1 atom stereocenters. The summed E-state index contributed by atoms with van der Waals surface area (Å²) in [4.78, 5) is 64.9. The molecule has 1 aliphatic carbocycles. The Morgan fingerprint density at radius 1 is 1.03 bits per heavy atom. The van der Waals surface area contributed by atoms with Gasteiger partial charge in [-0.3, -0.25) is 24.7 Å². The van der Waals surface area contributed by atoms with Gasteiger partial charge in [-0.25, -0.2) is 9.59 Å². The summed E-state index contributed by atoms with van der Waals surface area (Å²) in [6, 6.07) is 3.49. The summed E-state index contributed by atoms with van der Waals surface area (Å²) >= 11 is 0. The maximum Gasteiger partial charge on any atom is 0.344 e. The minimum Gasteiger partial charge on any atom is -0.490 e. The number of carbonyl (C=O) groups excluding carboxylic acids is 5. The van der Waals surface area contributed by atoms with Crippen LogP contribution in [-0.2, 0) is 19.9 Å². The zero-order valence-corrected chi connectivity index (χ0v) is 20.2. The summed E-state index contributed by atoms with van der Waals surface area (Å²) in [6.07, 6.45) is 3.28. The molecule has 2 saturated heterocycles. The zero-order valence-electron chi connectivity index (χ0n) is 20.2. The fourth-order valence-electron chi connectivity index (χ4n) is 5.13. The van der Waals surface area contributed by atoms with Gasteiger partial charge in [-0.1, -0.05) is 13.0 Å². The van der Waals surface area contributed by atoms with Crippen molar-refractivity contribution in [3.63, 3.8) is 0 Å². The molecule has 1 aromatic carbocycles. The Morgan fingerprint density at radius 2 is 1.72 bits per heavy atom. The summed E-state index contributed by atoms with van der Waals surface area (Å²) < 4.78 is 11.3. The molecule has 12 nitrogen and oxygen atoms in total. The first-order valence-corrected chi connectivity index (χ1v) is 12.1. The summed E-state index contributed by atoms with van der Waals surface area (Å²) in [6.45, 7) is 3.94. The van der Waals surface area contributed by atoms with Gasteiger partial charge in [-0.05, 0) is 56.2 Å². The fourth-order valence-corrected chi connectivity index (χ4v) is 5.13. The lowest BCUT2D eigenvalue weighted by atomic mass is 9.77. The van der Waals surface area contributed by atoms with Crippen molar-refractivity contribution < 1.29 is 33.4 Å². The molecule has 0 aromatic heterocycles. The van der Waals surface area contributed by atoms with Crippen molar-refractivity contribution in [1.82, 2.24) is 26.0 Å². The lowest BCUT2D eigenvalue weighted by molar-refractivity contribution is -0.141. The number of nitrogens with one attached hydrogen (secondary N) is 3. The van der Waals surface area contributed by atoms with Gasteiger partial charge in [0.25, 0.3) is 17.7 Å². The van der Waals surface area contributed by atoms with E-state index >= 15 is 0 Å². The lowest BCUT2D eigenvalue weighted by Crippen LogP contribution is -2.53. The van der Waals surface area contributed by atoms with E-state index in [1.807, 2.05) is 0 Å². The van der Waals surface area contributed by atoms with Gasteiger partial charge >= 0.3 is 12.1 Å². The molecule has 0 bridgehead atoms. The molecule has 4 aliphatic rings. The predicted molar refractivity (Wildman–Crippen MR) is 124 cm³/mol. The van der Waals surface area contributed by atoms with Gasteiger partial charge in [-0.15, -0.1) is 0 Å². The number of hydrogen-bond donors (Lipinski definition) is 3. The highest BCUT2D eigenvalue weighted by atomic mass is 16.5. The first-order valence-electron chi connectivity index (χ1n) is 12.1. The molecule has 1 unspecified atom stereocenters. The highest BCUT2D eigenvalue weighted by Gasteiger charge is 2.54. The fraction of sp³-hybridized carbons (Fsp3) is 0.542. The van der Waals surface area contributed by atoms with Crippen LogP contribution in [0, 0.1) is 5.92 Å². The Morgan fingerprint density at radius 3 is 2.44 bits per heavy atom. The van der Waals surface area contributed by atoms with Crippen LogP contribution in [0.5, 0.6) is 11.5 Å². The summed E-state index contributed by atoms with van der Waals surface area (Å²) in [5, 5.41) is 6.00. The van der Waals surface area contributed by atoms with Crippen molar-refractivity contribution in [1.29, 1.82) is 0 Å². The number of hydrazine groups is 1. The standard InChI is InChI=1S/C24H29N5O7/c1-14-6-8-24(9-7-14)20(32)29(22(34)26-24)27-18(30)13-28-19(31)23(2,25-21(28)33)15-4-5-16-17(12-15)36-11-3-10-35-16/h4-5,12,14H,3,6-11,13H2,1-2H3,(H,25,33)(H,26,34)(H,27,30). The van der Waals surface area contributed by atoms with Crippen LogP contribution >= 0.6 is 0 Å². The van der Waals surface area contributed by atoms with Crippen LogP contribution in [0.25, 0.3) is 0 Å². The Labute approximate surface area is 207 Å². The molecule has 1 aromatic rings. The normalized spacial score (nSPS) is 29.8. The van der Waals surface area contributed by atoms with Crippen LogP contribution in [0.15, 0.2) is 18.2 Å². The molecule has 36 heavy (non-hydrogen) atoms. The Balaban J connectivity index is 1.27. The van der Waals surface area contributed by atoms with E-state index in [-0.39, 0.29) is 0 Å². The minimum atomic E-state index is -1.44. The van der Waals surface area contributed by atoms with Crippen LogP contribution in [0.4, 0.5) is 9.59 Å². The average Bonchev–Trinajstić information content (AvgIpc) is 3.09. The van der Waals surface area contributed by atoms with Gasteiger partial charge in [0.05, 0.1) is 13.2 Å². The van der Waals surface area contributed by atoms with Crippen LogP contribution in [0.3, 0.4) is 0 Å². The molecule has 1 spiro atoms. The van der Waals surface area contributed by atoms with Crippen LogP contribution in [0.2, 0.25) is 0 Å². The first-order chi connectivity index (χ1) is 17.1. The van der Waals surface area contributed by atoms with Crippen LogP contribution in [-0.4, -0.2) is 65.0 Å². The van der Waals surface area contributed by atoms with Crippen molar-refractivity contribution in [3.05, 3.63) is 23.8 Å². The third-order valence-electron chi connectivity index (χ3n) is 7.43. The molecule has 12 heteroatoms. The number of rotatable bonds is 4. The van der Waals surface area contributed by atoms with E-state index < -0.39 is 47.4 Å². The lowest BCUT2D eigenvalue weighted by Gasteiger charge is -2.33. The molecule has 3 aliphatic heterocycles. The number of imide groups is 2. The minimum absolute atomic E-state index is 0.455. The van der Waals surface area contributed by atoms with Gasteiger partial charge in [0, 0.05) is 6.42 Å². The third-order valence-corrected chi connectivity index (χ3v) is 7.43. The second-order valence-electron chi connectivity index (χ2n) is 10.0. The number of benzene rings is 1. The number of urea groups is 2. The summed E-state index contributed by atoms with van der Waals surface area (Å²) in [5.41, 5.74) is 0.276. The third kappa shape index (κ3) is 3.90. The molecule has 7 amide bonds. The Kier molecular flexibility index (Phi) is 5.76. The second-order valence-corrected chi connectivity index (χ2v) is 10.0. The molecule has 3 fully saturated rings. The summed E-state index contributed by atoms with van der Waals surface area (Å²) in [7, 11) is 0. The first kappa shape index (κ1) is 23.9. The number of nitrogens with zero attached hydrogens (tertiary/aromatic N) is 2. The van der Waals surface area contributed by atoms with E-state index in [4.69, 9.17) is 9.47 Å². The Hall–Kier alpha value is -3.83. The molecular formula is C24H29N5O7. The van der Waals surface area contributed by atoms with E-state index in [1.165, 1.54) is 6.92 Å². The highest BCUT2D eigenvalue weighted by Crippen LogP contribution is 2.37. The Bertz CT molecular complexity index is 1150. The molecule has 1 saturated carbocycles. The number of fused-ring (bicyclic) bond motifs is 1. The second kappa shape index (κ2) is 8.68. The molecule has 3 heterocycles. The van der Waals surface area contributed by atoms with Crippen molar-refractivity contribution in [2.45, 2.75) is 57.0 Å². The maximum absolute atomic E-state index is 13.3. The molecule has 192 valence electrons. The molecule has 3 N–H and O–H groups in total. The van der Waals surface area contributed by atoms with Crippen molar-refractivity contribution in [3.8, 4) is 11.5 Å². The van der Waals surface area contributed by atoms with Gasteiger partial charge in [-0.2, -0.15) is 5.01 Å². The van der Waals surface area contributed by atoms with Crippen molar-refractivity contribution in [2.75, 3.05) is 19.8 Å². The average molecular weight is 500 g/mol. The molecule has 0 radical (unpaired) electrons. The zero-order chi connectivity index (χ0) is 25.7. The van der Waals surface area contributed by atoms with Crippen LogP contribution < -0.4 is 25.5 Å². The summed E-state index contributed by atoms with van der Waals surface area (Å²) in [5.74, 6) is -0.544. The van der Waals surface area contributed by atoms with Gasteiger partial charge in [0.1, 0.15) is 17.6 Å². The molecule has 5 rings (SSSR count). The maximum atomic E-state index is 13.3. The number of hydrogen-bond acceptors (Lipinski definition) is 7. The van der Waals surface area contributed by atoms with E-state index in [9.17, 15) is 24.0 Å². The van der Waals surface area contributed by atoms with Gasteiger partial charge in [0.2, 0.25) is 0 Å². The smallest absolute Gasteiger partial charge is 0.344 e. The van der Waals surface area contributed by atoms with E-state index in [0.29, 0.717) is 54.0 Å². The van der Waals surface area contributed by atoms with E-state index in [0.717, 1.165) is 24.2 Å². The largest absolute Gasteiger partial charge is 0.490 e. The topological polar surface area (TPSA) is 146 Å². The van der Waals surface area contributed by atoms with Crippen molar-refractivity contribution >= 4 is 29.8 Å². The predicted octanol–water partition coefficient (Wildman–Crippen LogP) is 1.15. The van der Waals surface area contributed by atoms with E-state index in [1.54, 1.807) is 18.2 Å². The number of amides is 7. The van der Waals surface area contributed by atoms with Crippen molar-refractivity contribution in [2.24, 2.45) is 5.92 Å².